The van der Waals surface area contributed by atoms with Gasteiger partial charge in [0.05, 0.1) is 20.3 Å². The van der Waals surface area contributed by atoms with Crippen LogP contribution in [0.2, 0.25) is 0 Å². The van der Waals surface area contributed by atoms with Crippen LogP contribution in [0.5, 0.6) is 11.5 Å². The Morgan fingerprint density at radius 1 is 1.15 bits per heavy atom. The second-order valence-electron chi connectivity index (χ2n) is 6.68. The van der Waals surface area contributed by atoms with E-state index < -0.39 is 0 Å². The van der Waals surface area contributed by atoms with Crippen molar-refractivity contribution in [2.24, 2.45) is 0 Å². The number of methoxy groups -OCH3 is 2. The lowest BCUT2D eigenvalue weighted by molar-refractivity contribution is 0.0889. The molecule has 0 radical (unpaired) electrons. The first kappa shape index (κ1) is 19.7. The predicted octanol–water partition coefficient (Wildman–Crippen LogP) is 2.48. The summed E-state index contributed by atoms with van der Waals surface area (Å²) in [4.78, 5) is 18.8. The zero-order valence-corrected chi connectivity index (χ0v) is 16.9. The highest BCUT2D eigenvalue weighted by Gasteiger charge is 2.25. The highest BCUT2D eigenvalue weighted by atomic mass is 32.1. The van der Waals surface area contributed by atoms with Crippen LogP contribution in [0.1, 0.15) is 21.3 Å². The summed E-state index contributed by atoms with van der Waals surface area (Å²) in [5.41, 5.74) is 0.537. The van der Waals surface area contributed by atoms with Gasteiger partial charge in [-0.05, 0) is 30.6 Å². The minimum absolute atomic E-state index is 0.122. The number of carbonyl (C=O) groups is 1. The third-order valence-corrected chi connectivity index (χ3v) is 5.89. The number of amides is 1. The number of rotatable bonds is 7. The molecule has 0 spiro atoms. The van der Waals surface area contributed by atoms with Gasteiger partial charge in [-0.3, -0.25) is 9.69 Å². The predicted molar refractivity (Wildman–Crippen MR) is 108 cm³/mol. The van der Waals surface area contributed by atoms with Gasteiger partial charge in [0, 0.05) is 49.2 Å². The fourth-order valence-corrected chi connectivity index (χ4v) is 4.11. The number of thiophene rings is 1. The highest BCUT2D eigenvalue weighted by Crippen LogP contribution is 2.26. The molecule has 2 aromatic rings. The fourth-order valence-electron chi connectivity index (χ4n) is 3.25. The van der Waals surface area contributed by atoms with Gasteiger partial charge in [0.15, 0.2) is 0 Å². The molecular weight excluding hydrogens is 362 g/mol. The molecule has 1 aromatic carbocycles. The number of hydrogen-bond acceptors (Lipinski definition) is 6. The Bertz CT molecular complexity index is 721. The Balaban J connectivity index is 1.71. The molecule has 1 atom stereocenters. The Morgan fingerprint density at radius 2 is 1.81 bits per heavy atom. The average molecular weight is 390 g/mol. The molecule has 1 aliphatic rings. The van der Waals surface area contributed by atoms with E-state index in [9.17, 15) is 4.79 Å². The van der Waals surface area contributed by atoms with Gasteiger partial charge in [0.2, 0.25) is 0 Å². The molecule has 2 heterocycles. The van der Waals surface area contributed by atoms with Gasteiger partial charge in [-0.25, -0.2) is 0 Å². The average Bonchev–Trinajstić information content (AvgIpc) is 3.23. The molecule has 0 bridgehead atoms. The largest absolute Gasteiger partial charge is 0.497 e. The van der Waals surface area contributed by atoms with E-state index in [0.29, 0.717) is 23.6 Å². The van der Waals surface area contributed by atoms with Gasteiger partial charge < -0.3 is 19.7 Å². The molecule has 7 heteroatoms. The van der Waals surface area contributed by atoms with E-state index in [-0.39, 0.29) is 11.9 Å². The Kier molecular flexibility index (Phi) is 6.71. The first-order valence-electron chi connectivity index (χ1n) is 9.08. The van der Waals surface area contributed by atoms with Crippen LogP contribution >= 0.6 is 11.3 Å². The number of nitrogens with one attached hydrogen (secondary N) is 1. The van der Waals surface area contributed by atoms with E-state index >= 15 is 0 Å². The van der Waals surface area contributed by atoms with Crippen molar-refractivity contribution in [3.05, 3.63) is 46.2 Å². The van der Waals surface area contributed by atoms with Gasteiger partial charge in [0.1, 0.15) is 11.5 Å². The molecular formula is C20H27N3O3S. The molecule has 0 aliphatic carbocycles. The third-order valence-electron chi connectivity index (χ3n) is 4.92. The summed E-state index contributed by atoms with van der Waals surface area (Å²) >= 11 is 1.74. The Labute approximate surface area is 164 Å². The van der Waals surface area contributed by atoms with Gasteiger partial charge in [-0.2, -0.15) is 0 Å². The number of hydrogen-bond donors (Lipinski definition) is 1. The van der Waals surface area contributed by atoms with Crippen molar-refractivity contribution in [2.75, 3.05) is 54.0 Å². The first-order chi connectivity index (χ1) is 13.1. The number of likely N-dealkylation sites (N-methyl/N-ethyl adjacent to an activating group) is 1. The zero-order valence-electron chi connectivity index (χ0n) is 16.1. The summed E-state index contributed by atoms with van der Waals surface area (Å²) in [6.45, 7) is 4.66. The standard InChI is InChI=1S/C20H27N3O3S/c1-22-6-8-23(9-7-22)18(19-5-4-10-27-19)14-21-20(24)15-11-16(25-2)13-17(12-15)26-3/h4-5,10-13,18H,6-9,14H2,1-3H3,(H,21,24)/t18-/m1/s1. The number of carbonyl (C=O) groups excluding carboxylic acids is 1. The van der Waals surface area contributed by atoms with Gasteiger partial charge in [-0.15, -0.1) is 11.3 Å². The van der Waals surface area contributed by atoms with Crippen LogP contribution in [-0.2, 0) is 0 Å². The summed E-state index contributed by atoms with van der Waals surface area (Å²) in [5, 5.41) is 5.19. The van der Waals surface area contributed by atoms with Crippen molar-refractivity contribution in [1.82, 2.24) is 15.1 Å². The van der Waals surface area contributed by atoms with Crippen LogP contribution in [-0.4, -0.2) is 69.7 Å². The van der Waals surface area contributed by atoms with Gasteiger partial charge >= 0.3 is 0 Å². The van der Waals surface area contributed by atoms with E-state index in [1.54, 1.807) is 43.8 Å². The molecule has 0 saturated carbocycles. The normalized spacial score (nSPS) is 16.7. The quantitative estimate of drug-likeness (QED) is 0.789. The summed E-state index contributed by atoms with van der Waals surface area (Å²) in [7, 11) is 5.31. The number of nitrogens with zero attached hydrogens (tertiary/aromatic N) is 2. The number of benzene rings is 1. The number of piperazine rings is 1. The molecule has 1 aromatic heterocycles. The maximum Gasteiger partial charge on any atom is 0.251 e. The molecule has 1 fully saturated rings. The van der Waals surface area contributed by atoms with Crippen LogP contribution in [0.25, 0.3) is 0 Å². The van der Waals surface area contributed by atoms with Crippen LogP contribution < -0.4 is 14.8 Å². The smallest absolute Gasteiger partial charge is 0.251 e. The lowest BCUT2D eigenvalue weighted by Crippen LogP contribution is -2.48. The molecule has 1 amide bonds. The summed E-state index contributed by atoms with van der Waals surface area (Å²) < 4.78 is 10.5. The van der Waals surface area contributed by atoms with E-state index in [1.165, 1.54) is 4.88 Å². The van der Waals surface area contributed by atoms with Crippen molar-refractivity contribution < 1.29 is 14.3 Å². The maximum atomic E-state index is 12.7. The Hall–Kier alpha value is -2.09. The lowest BCUT2D eigenvalue weighted by atomic mass is 10.1. The van der Waals surface area contributed by atoms with Crippen molar-refractivity contribution in [1.29, 1.82) is 0 Å². The second-order valence-corrected chi connectivity index (χ2v) is 7.66. The molecule has 27 heavy (non-hydrogen) atoms. The molecule has 1 saturated heterocycles. The van der Waals surface area contributed by atoms with Gasteiger partial charge in [0.25, 0.3) is 5.91 Å². The van der Waals surface area contributed by atoms with E-state index in [2.05, 4.69) is 39.7 Å². The molecule has 146 valence electrons. The molecule has 1 aliphatic heterocycles. The third kappa shape index (κ3) is 5.00. The van der Waals surface area contributed by atoms with Crippen molar-refractivity contribution in [3.63, 3.8) is 0 Å². The molecule has 0 unspecified atom stereocenters. The van der Waals surface area contributed by atoms with Gasteiger partial charge in [-0.1, -0.05) is 6.07 Å². The second kappa shape index (κ2) is 9.21. The lowest BCUT2D eigenvalue weighted by Gasteiger charge is -2.37. The zero-order chi connectivity index (χ0) is 19.2. The highest BCUT2D eigenvalue weighted by molar-refractivity contribution is 7.10. The van der Waals surface area contributed by atoms with Crippen molar-refractivity contribution >= 4 is 17.2 Å². The fraction of sp³-hybridized carbons (Fsp3) is 0.450. The van der Waals surface area contributed by atoms with Crippen LogP contribution in [0.3, 0.4) is 0 Å². The van der Waals surface area contributed by atoms with E-state index in [1.807, 2.05) is 0 Å². The first-order valence-corrected chi connectivity index (χ1v) is 9.96. The van der Waals surface area contributed by atoms with Crippen LogP contribution in [0.4, 0.5) is 0 Å². The minimum Gasteiger partial charge on any atom is -0.497 e. The van der Waals surface area contributed by atoms with Crippen molar-refractivity contribution in [3.8, 4) is 11.5 Å². The van der Waals surface area contributed by atoms with Crippen LogP contribution in [0.15, 0.2) is 35.7 Å². The summed E-state index contributed by atoms with van der Waals surface area (Å²) in [6.07, 6.45) is 0. The van der Waals surface area contributed by atoms with Crippen LogP contribution in [0, 0.1) is 0 Å². The van der Waals surface area contributed by atoms with E-state index in [0.717, 1.165) is 26.2 Å². The maximum absolute atomic E-state index is 12.7. The number of ether oxygens (including phenoxy) is 2. The topological polar surface area (TPSA) is 54.0 Å². The summed E-state index contributed by atoms with van der Waals surface area (Å²) in [6, 6.07) is 9.62. The molecule has 3 rings (SSSR count). The van der Waals surface area contributed by atoms with Crippen molar-refractivity contribution in [2.45, 2.75) is 6.04 Å². The minimum atomic E-state index is -0.122. The monoisotopic (exact) mass is 389 g/mol. The Morgan fingerprint density at radius 3 is 2.37 bits per heavy atom. The SMILES string of the molecule is COc1cc(OC)cc(C(=O)NC[C@H](c2cccs2)N2CCN(C)CC2)c1. The molecule has 1 N–H and O–H groups in total. The van der Waals surface area contributed by atoms with E-state index in [4.69, 9.17) is 9.47 Å². The molecule has 6 nitrogen and oxygen atoms in total. The summed E-state index contributed by atoms with van der Waals surface area (Å²) in [5.74, 6) is 1.09.